The number of thioether (sulfide) groups is 1. The van der Waals surface area contributed by atoms with Crippen LogP contribution in [0.15, 0.2) is 52.6 Å². The van der Waals surface area contributed by atoms with Crippen LogP contribution in [-0.4, -0.2) is 47.0 Å². The molecular formula is C19H29N5S. The van der Waals surface area contributed by atoms with Crippen LogP contribution >= 0.6 is 11.8 Å². The van der Waals surface area contributed by atoms with Crippen molar-refractivity contribution in [2.24, 2.45) is 10.9 Å². The third-order valence-electron chi connectivity index (χ3n) is 3.89. The van der Waals surface area contributed by atoms with E-state index in [1.54, 1.807) is 11.8 Å². The monoisotopic (exact) mass is 359 g/mol. The first-order chi connectivity index (χ1) is 12.1. The van der Waals surface area contributed by atoms with Crippen molar-refractivity contribution in [3.05, 3.63) is 48.3 Å². The number of nitrogens with zero attached hydrogens (tertiary/aromatic N) is 4. The first-order valence-electron chi connectivity index (χ1n) is 8.72. The predicted molar refractivity (Wildman–Crippen MR) is 107 cm³/mol. The predicted octanol–water partition coefficient (Wildman–Crippen LogP) is 3.34. The van der Waals surface area contributed by atoms with Gasteiger partial charge in [-0.2, -0.15) is 5.10 Å². The molecule has 0 amide bonds. The Balaban J connectivity index is 1.94. The molecule has 2 rings (SSSR count). The summed E-state index contributed by atoms with van der Waals surface area (Å²) < 4.78 is 1.96. The Labute approximate surface area is 155 Å². The van der Waals surface area contributed by atoms with Gasteiger partial charge < -0.3 is 10.2 Å². The molecule has 1 N–H and O–H groups in total. The fourth-order valence-corrected chi connectivity index (χ4v) is 2.99. The molecule has 2 aromatic rings. The Bertz CT molecular complexity index is 636. The summed E-state index contributed by atoms with van der Waals surface area (Å²) in [5.74, 6) is 1.38. The second-order valence-electron chi connectivity index (χ2n) is 6.23. The number of hydrogen-bond donors (Lipinski definition) is 1. The minimum atomic E-state index is 0.433. The van der Waals surface area contributed by atoms with Gasteiger partial charge in [-0.3, -0.25) is 9.67 Å². The molecule has 25 heavy (non-hydrogen) atoms. The average Bonchev–Trinajstić information content (AvgIpc) is 3.12. The number of rotatable bonds is 8. The lowest BCUT2D eigenvalue weighted by Crippen LogP contribution is -2.38. The highest BCUT2D eigenvalue weighted by Gasteiger charge is 2.09. The first-order valence-corrected chi connectivity index (χ1v) is 9.94. The van der Waals surface area contributed by atoms with Gasteiger partial charge in [0, 0.05) is 50.5 Å². The largest absolute Gasteiger partial charge is 0.357 e. The van der Waals surface area contributed by atoms with Gasteiger partial charge >= 0.3 is 0 Å². The van der Waals surface area contributed by atoms with Crippen molar-refractivity contribution in [2.45, 2.75) is 31.8 Å². The molecule has 0 radical (unpaired) electrons. The Morgan fingerprint density at radius 3 is 2.72 bits per heavy atom. The van der Waals surface area contributed by atoms with Crippen LogP contribution in [0, 0.1) is 5.92 Å². The third-order valence-corrected chi connectivity index (χ3v) is 4.63. The summed E-state index contributed by atoms with van der Waals surface area (Å²) in [6.07, 6.45) is 5.91. The van der Waals surface area contributed by atoms with E-state index in [1.807, 2.05) is 23.1 Å². The maximum atomic E-state index is 4.81. The number of guanidine groups is 1. The van der Waals surface area contributed by atoms with Gasteiger partial charge in [-0.25, -0.2) is 0 Å². The maximum Gasteiger partial charge on any atom is 0.193 e. The quantitative estimate of drug-likeness (QED) is 0.446. The van der Waals surface area contributed by atoms with Gasteiger partial charge in [0.25, 0.3) is 0 Å². The SMILES string of the molecule is CCNC(=NCC(C)Cn1cccn1)N(C)Cc1ccc(SC)cc1. The third kappa shape index (κ3) is 6.46. The number of aromatic nitrogens is 2. The molecule has 0 saturated heterocycles. The summed E-state index contributed by atoms with van der Waals surface area (Å²) in [5, 5.41) is 7.65. The molecule has 0 saturated carbocycles. The lowest BCUT2D eigenvalue weighted by molar-refractivity contribution is 0.444. The second kappa shape index (κ2) is 10.1. The van der Waals surface area contributed by atoms with E-state index < -0.39 is 0 Å². The fourth-order valence-electron chi connectivity index (χ4n) is 2.58. The molecule has 1 atom stereocenters. The lowest BCUT2D eigenvalue weighted by Gasteiger charge is -2.23. The van der Waals surface area contributed by atoms with Crippen LogP contribution in [0.3, 0.4) is 0 Å². The van der Waals surface area contributed by atoms with Crippen LogP contribution in [0.2, 0.25) is 0 Å². The van der Waals surface area contributed by atoms with Crippen molar-refractivity contribution in [1.29, 1.82) is 0 Å². The number of hydrogen-bond acceptors (Lipinski definition) is 3. The first kappa shape index (κ1) is 19.4. The molecule has 0 aliphatic rings. The highest BCUT2D eigenvalue weighted by Crippen LogP contribution is 2.15. The number of nitrogens with one attached hydrogen (secondary N) is 1. The molecule has 1 aromatic carbocycles. The zero-order valence-corrected chi connectivity index (χ0v) is 16.5. The Kier molecular flexibility index (Phi) is 7.85. The highest BCUT2D eigenvalue weighted by molar-refractivity contribution is 7.98. The second-order valence-corrected chi connectivity index (χ2v) is 7.11. The number of benzene rings is 1. The van der Waals surface area contributed by atoms with E-state index >= 15 is 0 Å². The van der Waals surface area contributed by atoms with Gasteiger partial charge in [0.1, 0.15) is 0 Å². The van der Waals surface area contributed by atoms with E-state index in [1.165, 1.54) is 10.5 Å². The zero-order chi connectivity index (χ0) is 18.1. The van der Waals surface area contributed by atoms with Gasteiger partial charge in [-0.05, 0) is 42.9 Å². The maximum absolute atomic E-state index is 4.81. The molecular weight excluding hydrogens is 330 g/mol. The normalized spacial score (nSPS) is 12.9. The Hall–Kier alpha value is -1.95. The fraction of sp³-hybridized carbons (Fsp3) is 0.474. The lowest BCUT2D eigenvalue weighted by atomic mass is 10.2. The van der Waals surface area contributed by atoms with Crippen molar-refractivity contribution in [3.8, 4) is 0 Å². The van der Waals surface area contributed by atoms with Crippen LogP contribution < -0.4 is 5.32 Å². The van der Waals surface area contributed by atoms with Crippen LogP contribution in [0.4, 0.5) is 0 Å². The van der Waals surface area contributed by atoms with Gasteiger partial charge in [-0.15, -0.1) is 11.8 Å². The smallest absolute Gasteiger partial charge is 0.193 e. The van der Waals surface area contributed by atoms with Gasteiger partial charge in [0.05, 0.1) is 0 Å². The molecule has 0 spiro atoms. The average molecular weight is 360 g/mol. The van der Waals surface area contributed by atoms with Crippen LogP contribution in [-0.2, 0) is 13.1 Å². The van der Waals surface area contributed by atoms with E-state index in [2.05, 4.69) is 66.7 Å². The summed E-state index contributed by atoms with van der Waals surface area (Å²) in [4.78, 5) is 8.28. The van der Waals surface area contributed by atoms with Crippen molar-refractivity contribution in [2.75, 3.05) is 26.4 Å². The Morgan fingerprint density at radius 1 is 1.36 bits per heavy atom. The molecule has 0 fully saturated rings. The number of aliphatic imine (C=N–C) groups is 1. The summed E-state index contributed by atoms with van der Waals surface area (Å²) >= 11 is 1.77. The molecule has 0 aliphatic carbocycles. The molecule has 0 bridgehead atoms. The summed E-state index contributed by atoms with van der Waals surface area (Å²) in [5.41, 5.74) is 1.29. The van der Waals surface area contributed by atoms with Crippen molar-refractivity contribution in [3.63, 3.8) is 0 Å². The highest BCUT2D eigenvalue weighted by atomic mass is 32.2. The van der Waals surface area contributed by atoms with Gasteiger partial charge in [-0.1, -0.05) is 19.1 Å². The van der Waals surface area contributed by atoms with E-state index in [9.17, 15) is 0 Å². The van der Waals surface area contributed by atoms with Crippen molar-refractivity contribution < 1.29 is 0 Å². The molecule has 136 valence electrons. The van der Waals surface area contributed by atoms with Crippen molar-refractivity contribution >= 4 is 17.7 Å². The van der Waals surface area contributed by atoms with E-state index in [0.29, 0.717) is 5.92 Å². The molecule has 6 heteroatoms. The minimum absolute atomic E-state index is 0.433. The summed E-state index contributed by atoms with van der Waals surface area (Å²) in [7, 11) is 2.09. The standard InChI is InChI=1S/C19H29N5S/c1-5-20-19(21-13-16(2)14-24-12-6-11-22-24)23(3)15-17-7-9-18(25-4)10-8-17/h6-12,16H,5,13-15H2,1-4H3,(H,20,21). The van der Waals surface area contributed by atoms with Crippen molar-refractivity contribution in [1.82, 2.24) is 20.0 Å². The van der Waals surface area contributed by atoms with E-state index in [-0.39, 0.29) is 0 Å². The molecule has 1 unspecified atom stereocenters. The summed E-state index contributed by atoms with van der Waals surface area (Å²) in [6.45, 7) is 7.67. The minimum Gasteiger partial charge on any atom is -0.357 e. The molecule has 1 heterocycles. The summed E-state index contributed by atoms with van der Waals surface area (Å²) in [6, 6.07) is 10.7. The van der Waals surface area contributed by atoms with Crippen LogP contribution in [0.1, 0.15) is 19.4 Å². The van der Waals surface area contributed by atoms with Crippen LogP contribution in [0.5, 0.6) is 0 Å². The molecule has 0 aliphatic heterocycles. The molecule has 1 aromatic heterocycles. The topological polar surface area (TPSA) is 45.5 Å². The van der Waals surface area contributed by atoms with E-state index in [0.717, 1.165) is 32.1 Å². The van der Waals surface area contributed by atoms with Gasteiger partial charge in [0.15, 0.2) is 5.96 Å². The van der Waals surface area contributed by atoms with E-state index in [4.69, 9.17) is 4.99 Å². The van der Waals surface area contributed by atoms with Crippen LogP contribution in [0.25, 0.3) is 0 Å². The zero-order valence-electron chi connectivity index (χ0n) is 15.6. The van der Waals surface area contributed by atoms with Gasteiger partial charge in [0.2, 0.25) is 0 Å². The molecule has 5 nitrogen and oxygen atoms in total. The Morgan fingerprint density at radius 2 is 2.12 bits per heavy atom.